The first kappa shape index (κ1) is 41.2. The van der Waals surface area contributed by atoms with Crippen LogP contribution in [0.5, 0.6) is 0 Å². The van der Waals surface area contributed by atoms with Crippen molar-refractivity contribution < 1.29 is 33.6 Å². The Balaban J connectivity index is 0.795. The van der Waals surface area contributed by atoms with Gasteiger partial charge < -0.3 is 20.9 Å². The van der Waals surface area contributed by atoms with Crippen molar-refractivity contribution in [3.05, 3.63) is 70.4 Å². The fourth-order valence-corrected chi connectivity index (χ4v) is 8.53. The molecule has 4 N–H and O–H groups in total. The van der Waals surface area contributed by atoms with Crippen LogP contribution in [0.15, 0.2) is 48.0 Å². The van der Waals surface area contributed by atoms with E-state index in [-0.39, 0.29) is 48.2 Å². The first-order chi connectivity index (χ1) is 27.6. The molecule has 3 aliphatic heterocycles. The first-order valence-electron chi connectivity index (χ1n) is 20.0. The molecule has 0 spiro atoms. The first-order valence-corrected chi connectivity index (χ1v) is 20.9. The summed E-state index contributed by atoms with van der Waals surface area (Å²) >= 11 is 1.60. The fourth-order valence-electron chi connectivity index (χ4n) is 7.72. The maximum atomic E-state index is 13.3. The summed E-state index contributed by atoms with van der Waals surface area (Å²) in [6.07, 6.45) is 9.63. The molecule has 7 amide bonds. The van der Waals surface area contributed by atoms with E-state index in [4.69, 9.17) is 0 Å². The Kier molecular flexibility index (Phi) is 14.2. The van der Waals surface area contributed by atoms with Crippen molar-refractivity contribution in [2.45, 2.75) is 109 Å². The lowest BCUT2D eigenvalue weighted by atomic mass is 10.0. The third kappa shape index (κ3) is 10.3. The number of nitrogens with one attached hydrogen (secondary N) is 4. The molecular weight excluding hydrogens is 747 g/mol. The zero-order valence-electron chi connectivity index (χ0n) is 32.4. The molecule has 57 heavy (non-hydrogen) atoms. The number of rotatable bonds is 19. The molecule has 0 bridgehead atoms. The van der Waals surface area contributed by atoms with Crippen molar-refractivity contribution >= 4 is 58.4 Å². The standard InChI is InChI=1S/C42H51N7O7S/c1-27-38(57-26-46-27)29-18-16-28(17-19-29)24-45-39(53)32-14-11-23-48(32)36(52)25-44-34(50)15-8-6-4-2-3-5-7-9-22-43-31-13-10-12-30-37(31)42(56)49(41(30)55)33-20-21-35(51)47-40(33)54/h10,12-13,16-19,26,32-33,43H,2-9,11,14-15,20-25H2,1H3,(H,44,50)(H,45,53)(H,47,51,54)/t32-,33?/m0/s1. The smallest absolute Gasteiger partial charge is 0.264 e. The van der Waals surface area contributed by atoms with E-state index in [0.29, 0.717) is 38.2 Å². The minimum atomic E-state index is -0.993. The van der Waals surface area contributed by atoms with Gasteiger partial charge in [0.15, 0.2) is 0 Å². The quantitative estimate of drug-likeness (QED) is 0.0971. The Labute approximate surface area is 336 Å². The van der Waals surface area contributed by atoms with Crippen LogP contribution < -0.4 is 21.3 Å². The van der Waals surface area contributed by atoms with Gasteiger partial charge in [-0.15, -0.1) is 11.3 Å². The number of unbranched alkanes of at least 4 members (excludes halogenated alkanes) is 7. The second kappa shape index (κ2) is 19.6. The highest BCUT2D eigenvalue weighted by molar-refractivity contribution is 7.13. The Hall–Kier alpha value is -5.44. The number of thiazole rings is 1. The monoisotopic (exact) mass is 797 g/mol. The molecule has 2 atom stereocenters. The number of piperidine rings is 1. The van der Waals surface area contributed by atoms with Crippen molar-refractivity contribution in [3.8, 4) is 10.4 Å². The molecule has 4 heterocycles. The Bertz CT molecular complexity index is 1980. The van der Waals surface area contributed by atoms with Gasteiger partial charge >= 0.3 is 0 Å². The lowest BCUT2D eigenvalue weighted by molar-refractivity contribution is -0.138. The summed E-state index contributed by atoms with van der Waals surface area (Å²) < 4.78 is 0. The van der Waals surface area contributed by atoms with Crippen molar-refractivity contribution in [1.82, 2.24) is 30.7 Å². The average Bonchev–Trinajstić information content (AvgIpc) is 3.94. The third-order valence-electron chi connectivity index (χ3n) is 10.9. The molecule has 2 fully saturated rings. The highest BCUT2D eigenvalue weighted by Gasteiger charge is 2.45. The van der Waals surface area contributed by atoms with Gasteiger partial charge in [-0.05, 0) is 62.3 Å². The number of hydrogen-bond donors (Lipinski definition) is 4. The van der Waals surface area contributed by atoms with Gasteiger partial charge in [0.1, 0.15) is 12.1 Å². The third-order valence-corrected chi connectivity index (χ3v) is 11.8. The highest BCUT2D eigenvalue weighted by Crippen LogP contribution is 2.32. The number of nitrogens with zero attached hydrogens (tertiary/aromatic N) is 3. The summed E-state index contributed by atoms with van der Waals surface area (Å²) in [6.45, 7) is 3.37. The number of amides is 7. The SMILES string of the molecule is Cc1ncsc1-c1ccc(CNC(=O)[C@@H]2CCCN2C(=O)CNC(=O)CCCCCCCCCCNc2cccc3c2C(=O)N(C2CCC(=O)NC2=O)C3=O)cc1. The summed E-state index contributed by atoms with van der Waals surface area (Å²) in [5, 5.41) is 11.2. The van der Waals surface area contributed by atoms with E-state index in [9.17, 15) is 33.6 Å². The fraction of sp³-hybridized carbons (Fsp3) is 0.476. The maximum Gasteiger partial charge on any atom is 0.264 e. The Morgan fingerprint density at radius 2 is 1.61 bits per heavy atom. The van der Waals surface area contributed by atoms with Crippen molar-refractivity contribution in [2.75, 3.05) is 25.0 Å². The van der Waals surface area contributed by atoms with E-state index in [2.05, 4.69) is 26.3 Å². The zero-order chi connectivity index (χ0) is 40.3. The Morgan fingerprint density at radius 1 is 0.877 bits per heavy atom. The summed E-state index contributed by atoms with van der Waals surface area (Å²) in [7, 11) is 0. The predicted octanol–water partition coefficient (Wildman–Crippen LogP) is 4.87. The minimum absolute atomic E-state index is 0.0765. The van der Waals surface area contributed by atoms with Crippen LogP contribution in [-0.4, -0.2) is 87.9 Å². The molecule has 14 nitrogen and oxygen atoms in total. The summed E-state index contributed by atoms with van der Waals surface area (Å²) in [5.74, 6) is -2.66. The molecule has 2 saturated heterocycles. The van der Waals surface area contributed by atoms with Gasteiger partial charge in [-0.3, -0.25) is 43.8 Å². The van der Waals surface area contributed by atoms with Crippen LogP contribution in [0, 0.1) is 6.92 Å². The predicted molar refractivity (Wildman–Crippen MR) is 215 cm³/mol. The highest BCUT2D eigenvalue weighted by atomic mass is 32.1. The van der Waals surface area contributed by atoms with Crippen molar-refractivity contribution in [2.24, 2.45) is 0 Å². The molecule has 2 aromatic carbocycles. The van der Waals surface area contributed by atoms with Crippen LogP contribution in [-0.2, 0) is 30.5 Å². The van der Waals surface area contributed by atoms with E-state index >= 15 is 0 Å². The largest absolute Gasteiger partial charge is 0.384 e. The average molecular weight is 798 g/mol. The summed E-state index contributed by atoms with van der Waals surface area (Å²) in [4.78, 5) is 96.6. The van der Waals surface area contributed by atoms with Gasteiger partial charge in [-0.25, -0.2) is 4.98 Å². The summed E-state index contributed by atoms with van der Waals surface area (Å²) in [5.41, 5.74) is 5.97. The van der Waals surface area contributed by atoms with Gasteiger partial charge in [-0.2, -0.15) is 0 Å². The number of anilines is 1. The van der Waals surface area contributed by atoms with E-state index in [1.165, 1.54) is 0 Å². The van der Waals surface area contributed by atoms with Gasteiger partial charge in [-0.1, -0.05) is 68.9 Å². The van der Waals surface area contributed by atoms with Crippen LogP contribution in [0.2, 0.25) is 0 Å². The van der Waals surface area contributed by atoms with Gasteiger partial charge in [0.05, 0.1) is 33.8 Å². The molecule has 0 radical (unpaired) electrons. The number of carbonyl (C=O) groups excluding carboxylic acids is 7. The normalized spacial score (nSPS) is 17.8. The maximum absolute atomic E-state index is 13.3. The number of likely N-dealkylation sites (tertiary alicyclic amines) is 1. The number of aromatic nitrogens is 1. The van der Waals surface area contributed by atoms with Gasteiger partial charge in [0, 0.05) is 38.2 Å². The molecule has 3 aromatic rings. The molecule has 0 saturated carbocycles. The second-order valence-corrected chi connectivity index (χ2v) is 15.7. The number of hydrogen-bond acceptors (Lipinski definition) is 10. The molecule has 1 unspecified atom stereocenters. The van der Waals surface area contributed by atoms with E-state index < -0.39 is 35.7 Å². The van der Waals surface area contributed by atoms with Crippen LogP contribution in [0.4, 0.5) is 5.69 Å². The zero-order valence-corrected chi connectivity index (χ0v) is 33.2. The number of fused-ring (bicyclic) bond motifs is 1. The lowest BCUT2D eigenvalue weighted by Crippen LogP contribution is -2.54. The van der Waals surface area contributed by atoms with E-state index in [0.717, 1.165) is 84.4 Å². The minimum Gasteiger partial charge on any atom is -0.384 e. The second-order valence-electron chi connectivity index (χ2n) is 14.9. The summed E-state index contributed by atoms with van der Waals surface area (Å²) in [6, 6.07) is 11.6. The van der Waals surface area contributed by atoms with Gasteiger partial charge in [0.25, 0.3) is 11.8 Å². The van der Waals surface area contributed by atoms with Crippen LogP contribution in [0.25, 0.3) is 10.4 Å². The number of imide groups is 2. The van der Waals surface area contributed by atoms with Gasteiger partial charge in [0.2, 0.25) is 29.5 Å². The van der Waals surface area contributed by atoms with E-state index in [1.54, 1.807) is 34.4 Å². The molecule has 302 valence electrons. The van der Waals surface area contributed by atoms with Crippen LogP contribution >= 0.6 is 11.3 Å². The molecular formula is C42H51N7O7S. The molecule has 15 heteroatoms. The molecule has 0 aliphatic carbocycles. The van der Waals surface area contributed by atoms with Crippen molar-refractivity contribution in [3.63, 3.8) is 0 Å². The number of aryl methyl sites for hydroxylation is 1. The molecule has 6 rings (SSSR count). The lowest BCUT2D eigenvalue weighted by Gasteiger charge is -2.27. The van der Waals surface area contributed by atoms with Crippen LogP contribution in [0.3, 0.4) is 0 Å². The van der Waals surface area contributed by atoms with E-state index in [1.807, 2.05) is 36.7 Å². The Morgan fingerprint density at radius 3 is 2.33 bits per heavy atom. The molecule has 1 aromatic heterocycles. The van der Waals surface area contributed by atoms with Crippen LogP contribution in [0.1, 0.15) is 115 Å². The number of carbonyl (C=O) groups is 7. The molecule has 3 aliphatic rings. The topological polar surface area (TPSA) is 187 Å². The number of benzene rings is 2. The van der Waals surface area contributed by atoms with Crippen molar-refractivity contribution in [1.29, 1.82) is 0 Å².